The van der Waals surface area contributed by atoms with Gasteiger partial charge < -0.3 is 0 Å². The molecule has 0 saturated heterocycles. The third-order valence-electron chi connectivity index (χ3n) is 11.3. The summed E-state index contributed by atoms with van der Waals surface area (Å²) in [5.41, 5.74) is 15.3. The van der Waals surface area contributed by atoms with Crippen molar-refractivity contribution in [3.8, 4) is 66.8 Å². The van der Waals surface area contributed by atoms with E-state index < -0.39 is 0 Å². The summed E-state index contributed by atoms with van der Waals surface area (Å²) in [5, 5.41) is 7.72. The molecule has 0 spiro atoms. The van der Waals surface area contributed by atoms with Gasteiger partial charge in [0.25, 0.3) is 0 Å². The molecule has 10 rings (SSSR count). The highest BCUT2D eigenvalue weighted by molar-refractivity contribution is 7.80. The summed E-state index contributed by atoms with van der Waals surface area (Å²) in [6.45, 7) is 2.18. The molecule has 0 heterocycles. The minimum Gasteiger partial charge on any atom is -0.142 e. The minimum absolute atomic E-state index is 0.976. The summed E-state index contributed by atoms with van der Waals surface area (Å²) in [6, 6.07) is 75.1. The van der Waals surface area contributed by atoms with E-state index in [1.54, 1.807) is 0 Å². The standard InChI is InChI=1S/C55H38S/c1-36-13-5-6-20-46(36)54-35-45(34-52(55(54)56)44-19-12-16-40(32-44)39-27-25-38(26-28-39)37-14-3-2-4-15-37)42-18-11-17-41(31-42)43-29-30-51-49-23-8-7-21-47(49)48-22-9-10-24-50(48)53(51)33-43/h2-35,56H,1H3. The third-order valence-corrected chi connectivity index (χ3v) is 11.8. The highest BCUT2D eigenvalue weighted by Crippen LogP contribution is 2.43. The number of aryl methyl sites for hydroxylation is 1. The minimum atomic E-state index is 0.976. The molecule has 0 amide bonds. The molecule has 264 valence electrons. The molecule has 0 aromatic heterocycles. The molecule has 0 bridgehead atoms. The Morgan fingerprint density at radius 2 is 0.661 bits per heavy atom. The topological polar surface area (TPSA) is 0 Å². The molecule has 0 radical (unpaired) electrons. The second-order valence-corrected chi connectivity index (χ2v) is 15.1. The highest BCUT2D eigenvalue weighted by atomic mass is 32.1. The van der Waals surface area contributed by atoms with Crippen LogP contribution >= 0.6 is 12.6 Å². The molecule has 10 aromatic rings. The molecule has 0 nitrogen and oxygen atoms in total. The zero-order valence-corrected chi connectivity index (χ0v) is 32.0. The molecule has 0 aliphatic carbocycles. The van der Waals surface area contributed by atoms with Crippen molar-refractivity contribution in [1.82, 2.24) is 0 Å². The quantitative estimate of drug-likeness (QED) is 0.128. The van der Waals surface area contributed by atoms with Crippen LogP contribution in [0.3, 0.4) is 0 Å². The predicted molar refractivity (Wildman–Crippen MR) is 244 cm³/mol. The van der Waals surface area contributed by atoms with Gasteiger partial charge in [-0.2, -0.15) is 0 Å². The summed E-state index contributed by atoms with van der Waals surface area (Å²) in [6.07, 6.45) is 0. The van der Waals surface area contributed by atoms with Crippen LogP contribution in [0.2, 0.25) is 0 Å². The predicted octanol–water partition coefficient (Wildman–Crippen LogP) is 15.7. The van der Waals surface area contributed by atoms with Crippen LogP contribution in [-0.4, -0.2) is 0 Å². The lowest BCUT2D eigenvalue weighted by atomic mass is 9.89. The van der Waals surface area contributed by atoms with Crippen LogP contribution in [0.4, 0.5) is 0 Å². The first-order valence-corrected chi connectivity index (χ1v) is 19.7. The van der Waals surface area contributed by atoms with Gasteiger partial charge in [-0.3, -0.25) is 0 Å². The molecule has 10 aromatic carbocycles. The number of fused-ring (bicyclic) bond motifs is 6. The van der Waals surface area contributed by atoms with E-state index in [1.807, 2.05) is 0 Å². The lowest BCUT2D eigenvalue weighted by Gasteiger charge is -2.17. The van der Waals surface area contributed by atoms with Crippen molar-refractivity contribution in [1.29, 1.82) is 0 Å². The van der Waals surface area contributed by atoms with Crippen molar-refractivity contribution in [2.24, 2.45) is 0 Å². The summed E-state index contributed by atoms with van der Waals surface area (Å²) < 4.78 is 0. The first-order valence-electron chi connectivity index (χ1n) is 19.2. The SMILES string of the molecule is Cc1ccccc1-c1cc(-c2cccc(-c3ccc4c5ccccc5c5ccccc5c4c3)c2)cc(-c2cccc(-c3ccc(-c4ccccc4)cc3)c2)c1S. The van der Waals surface area contributed by atoms with E-state index in [9.17, 15) is 0 Å². The second-order valence-electron chi connectivity index (χ2n) is 14.7. The van der Waals surface area contributed by atoms with Gasteiger partial charge in [0.1, 0.15) is 0 Å². The summed E-state index contributed by atoms with van der Waals surface area (Å²) in [4.78, 5) is 0.976. The van der Waals surface area contributed by atoms with Crippen LogP contribution in [0.25, 0.3) is 99.1 Å². The van der Waals surface area contributed by atoms with Crippen LogP contribution in [-0.2, 0) is 0 Å². The Morgan fingerprint density at radius 3 is 1.32 bits per heavy atom. The third kappa shape index (κ3) is 6.07. The van der Waals surface area contributed by atoms with Crippen molar-refractivity contribution in [2.75, 3.05) is 0 Å². The fourth-order valence-electron chi connectivity index (χ4n) is 8.42. The highest BCUT2D eigenvalue weighted by Gasteiger charge is 2.16. The van der Waals surface area contributed by atoms with Crippen molar-refractivity contribution in [3.05, 3.63) is 212 Å². The maximum atomic E-state index is 5.28. The molecule has 0 N–H and O–H groups in total. The van der Waals surface area contributed by atoms with Gasteiger partial charge in [-0.05, 0) is 142 Å². The van der Waals surface area contributed by atoms with Gasteiger partial charge in [0.15, 0.2) is 0 Å². The van der Waals surface area contributed by atoms with E-state index in [-0.39, 0.29) is 0 Å². The summed E-state index contributed by atoms with van der Waals surface area (Å²) in [7, 11) is 0. The Kier molecular flexibility index (Phi) is 8.58. The van der Waals surface area contributed by atoms with E-state index in [1.165, 1.54) is 82.4 Å². The summed E-state index contributed by atoms with van der Waals surface area (Å²) in [5.74, 6) is 0. The Labute approximate surface area is 333 Å². The van der Waals surface area contributed by atoms with Gasteiger partial charge in [-0.25, -0.2) is 0 Å². The molecule has 0 saturated carbocycles. The van der Waals surface area contributed by atoms with Crippen molar-refractivity contribution in [3.63, 3.8) is 0 Å². The van der Waals surface area contributed by atoms with E-state index in [2.05, 4.69) is 213 Å². The Morgan fingerprint density at radius 1 is 0.250 bits per heavy atom. The Balaban J connectivity index is 1.09. The largest absolute Gasteiger partial charge is 0.142 e. The number of rotatable bonds is 6. The Hall–Kier alpha value is -6.67. The normalized spacial score (nSPS) is 11.4. The Bertz CT molecular complexity index is 3050. The fourth-order valence-corrected chi connectivity index (χ4v) is 8.80. The monoisotopic (exact) mass is 730 g/mol. The molecule has 0 aliphatic heterocycles. The molecular weight excluding hydrogens is 693 g/mol. The van der Waals surface area contributed by atoms with Crippen molar-refractivity contribution < 1.29 is 0 Å². The number of thiol groups is 1. The van der Waals surface area contributed by atoms with E-state index >= 15 is 0 Å². The second kappa shape index (κ2) is 14.2. The van der Waals surface area contributed by atoms with Crippen LogP contribution in [0.5, 0.6) is 0 Å². The number of benzene rings is 10. The average Bonchev–Trinajstić information content (AvgIpc) is 3.27. The summed E-state index contributed by atoms with van der Waals surface area (Å²) >= 11 is 5.28. The molecule has 56 heavy (non-hydrogen) atoms. The average molecular weight is 731 g/mol. The van der Waals surface area contributed by atoms with Crippen molar-refractivity contribution in [2.45, 2.75) is 11.8 Å². The maximum Gasteiger partial charge on any atom is 0.0198 e. The zero-order chi connectivity index (χ0) is 37.6. The zero-order valence-electron chi connectivity index (χ0n) is 31.1. The lowest BCUT2D eigenvalue weighted by molar-refractivity contribution is 1.39. The molecule has 0 unspecified atom stereocenters. The molecule has 1 heteroatoms. The van der Waals surface area contributed by atoms with Crippen LogP contribution in [0.15, 0.2) is 211 Å². The fraction of sp³-hybridized carbons (Fsp3) is 0.0182. The first kappa shape index (κ1) is 33.9. The molecular formula is C55H38S. The van der Waals surface area contributed by atoms with E-state index in [4.69, 9.17) is 12.6 Å². The van der Waals surface area contributed by atoms with Gasteiger partial charge in [-0.15, -0.1) is 12.6 Å². The smallest absolute Gasteiger partial charge is 0.0198 e. The van der Waals surface area contributed by atoms with Crippen LogP contribution < -0.4 is 0 Å². The number of hydrogen-bond acceptors (Lipinski definition) is 1. The van der Waals surface area contributed by atoms with Gasteiger partial charge in [0, 0.05) is 4.90 Å². The van der Waals surface area contributed by atoms with Crippen molar-refractivity contribution >= 4 is 44.9 Å². The maximum absolute atomic E-state index is 5.28. The van der Waals surface area contributed by atoms with E-state index in [0.717, 1.165) is 27.1 Å². The molecule has 0 aliphatic rings. The van der Waals surface area contributed by atoms with Gasteiger partial charge in [0.05, 0.1) is 0 Å². The van der Waals surface area contributed by atoms with Crippen LogP contribution in [0, 0.1) is 6.92 Å². The number of hydrogen-bond donors (Lipinski definition) is 1. The van der Waals surface area contributed by atoms with E-state index in [0.29, 0.717) is 0 Å². The van der Waals surface area contributed by atoms with Gasteiger partial charge in [-0.1, -0.05) is 176 Å². The molecule has 0 atom stereocenters. The first-order chi connectivity index (χ1) is 27.6. The van der Waals surface area contributed by atoms with Crippen LogP contribution in [0.1, 0.15) is 5.56 Å². The van der Waals surface area contributed by atoms with Gasteiger partial charge in [0.2, 0.25) is 0 Å². The lowest BCUT2D eigenvalue weighted by Crippen LogP contribution is -1.92. The molecule has 0 fully saturated rings. The van der Waals surface area contributed by atoms with Gasteiger partial charge >= 0.3 is 0 Å².